The number of hydrogen-bond acceptors (Lipinski definition) is 8. The summed E-state index contributed by atoms with van der Waals surface area (Å²) in [6, 6.07) is 12.6. The van der Waals surface area contributed by atoms with E-state index in [2.05, 4.69) is 15.5 Å². The molecule has 10 heteroatoms. The molecule has 2 aromatic carbocycles. The third-order valence-corrected chi connectivity index (χ3v) is 5.91. The Morgan fingerprint density at radius 3 is 2.56 bits per heavy atom. The van der Waals surface area contributed by atoms with Gasteiger partial charge < -0.3 is 18.8 Å². The Morgan fingerprint density at radius 2 is 1.88 bits per heavy atom. The smallest absolute Gasteiger partial charge is 0.322 e. The topological polar surface area (TPSA) is 107 Å². The van der Waals surface area contributed by atoms with Gasteiger partial charge >= 0.3 is 6.01 Å². The van der Waals surface area contributed by atoms with E-state index in [1.54, 1.807) is 34.9 Å². The first-order valence-electron chi connectivity index (χ1n) is 9.83. The highest BCUT2D eigenvalue weighted by Gasteiger charge is 2.35. The maximum atomic E-state index is 12.6. The summed E-state index contributed by atoms with van der Waals surface area (Å²) in [6.07, 6.45) is 2.26. The molecule has 0 radical (unpaired) electrons. The minimum atomic E-state index is -0.431. The number of carbonyl (C=O) groups is 2. The monoisotopic (exact) mass is 454 g/mol. The van der Waals surface area contributed by atoms with Gasteiger partial charge in [0, 0.05) is 29.1 Å². The molecule has 0 aliphatic carbocycles. The predicted molar refractivity (Wildman–Crippen MR) is 120 cm³/mol. The first-order chi connectivity index (χ1) is 15.5. The molecule has 1 aliphatic heterocycles. The van der Waals surface area contributed by atoms with Crippen molar-refractivity contribution in [1.82, 2.24) is 10.2 Å². The van der Waals surface area contributed by atoms with Crippen molar-refractivity contribution in [3.05, 3.63) is 53.9 Å². The predicted octanol–water partition coefficient (Wildman–Crippen LogP) is 3.58. The van der Waals surface area contributed by atoms with Crippen LogP contribution >= 0.6 is 11.8 Å². The van der Waals surface area contributed by atoms with Crippen LogP contribution in [0.3, 0.4) is 0 Å². The summed E-state index contributed by atoms with van der Waals surface area (Å²) in [7, 11) is 3.01. The average molecular weight is 455 g/mol. The molecule has 166 valence electrons. The molecule has 2 heterocycles. The molecule has 0 bridgehead atoms. The lowest BCUT2D eigenvalue weighted by Gasteiger charge is -2.16. The number of methoxy groups -OCH3 is 2. The number of carbonyl (C=O) groups excluding carboxylic acids is 2. The molecule has 1 saturated heterocycles. The standard InChI is InChI=1S/C22H22N4O5S/c1-29-17-9-4-13(10-18(17)30-2)20(28)23-22-25-24-21(31-22)14-11-19(27)26(12-14)15-5-7-16(32-3)8-6-15/h4-10,14H,11-12H2,1-3H3,(H,23,25,28)/t14-/m0/s1. The molecule has 1 fully saturated rings. The van der Waals surface area contributed by atoms with E-state index in [0.717, 1.165) is 10.6 Å². The number of hydrogen-bond donors (Lipinski definition) is 1. The van der Waals surface area contributed by atoms with Crippen LogP contribution < -0.4 is 19.7 Å². The Bertz CT molecular complexity index is 1130. The van der Waals surface area contributed by atoms with Gasteiger partial charge in [-0.3, -0.25) is 14.9 Å². The summed E-state index contributed by atoms with van der Waals surface area (Å²) in [5.41, 5.74) is 1.18. The van der Waals surface area contributed by atoms with E-state index >= 15 is 0 Å². The summed E-state index contributed by atoms with van der Waals surface area (Å²) in [5, 5.41) is 10.5. The van der Waals surface area contributed by atoms with Crippen LogP contribution in [-0.4, -0.2) is 49.0 Å². The van der Waals surface area contributed by atoms with Crippen LogP contribution in [0.15, 0.2) is 51.8 Å². The average Bonchev–Trinajstić information content (AvgIpc) is 3.45. The van der Waals surface area contributed by atoms with Crippen molar-refractivity contribution in [3.63, 3.8) is 0 Å². The van der Waals surface area contributed by atoms with Crippen molar-refractivity contribution in [2.75, 3.05) is 37.2 Å². The lowest BCUT2D eigenvalue weighted by molar-refractivity contribution is -0.117. The minimum absolute atomic E-state index is 0.0129. The van der Waals surface area contributed by atoms with Gasteiger partial charge in [-0.1, -0.05) is 5.10 Å². The van der Waals surface area contributed by atoms with Gasteiger partial charge in [-0.05, 0) is 48.7 Å². The van der Waals surface area contributed by atoms with Crippen LogP contribution in [0.1, 0.15) is 28.6 Å². The van der Waals surface area contributed by atoms with E-state index in [9.17, 15) is 9.59 Å². The normalized spacial score (nSPS) is 15.7. The number of anilines is 2. The number of amides is 2. The number of nitrogens with zero attached hydrogens (tertiary/aromatic N) is 3. The van der Waals surface area contributed by atoms with Gasteiger partial charge in [-0.25, -0.2) is 0 Å². The van der Waals surface area contributed by atoms with Gasteiger partial charge in [0.25, 0.3) is 5.91 Å². The molecule has 9 nitrogen and oxygen atoms in total. The molecule has 0 saturated carbocycles. The molecule has 0 unspecified atom stereocenters. The lowest BCUT2D eigenvalue weighted by Crippen LogP contribution is -2.24. The SMILES string of the molecule is COc1ccc(C(=O)Nc2nnc([C@H]3CC(=O)N(c4ccc(SC)cc4)C3)o2)cc1OC. The second-order valence-electron chi connectivity index (χ2n) is 7.07. The molecular formula is C22H22N4O5S. The Hall–Kier alpha value is -3.53. The van der Waals surface area contributed by atoms with Crippen molar-refractivity contribution < 1.29 is 23.5 Å². The highest BCUT2D eigenvalue weighted by atomic mass is 32.2. The zero-order valence-electron chi connectivity index (χ0n) is 17.8. The zero-order chi connectivity index (χ0) is 22.7. The number of thioether (sulfide) groups is 1. The van der Waals surface area contributed by atoms with Gasteiger partial charge in [0.05, 0.1) is 20.1 Å². The van der Waals surface area contributed by atoms with E-state index in [4.69, 9.17) is 13.9 Å². The van der Waals surface area contributed by atoms with Crippen LogP contribution in [0.4, 0.5) is 11.7 Å². The second-order valence-corrected chi connectivity index (χ2v) is 7.95. The number of ether oxygens (including phenoxy) is 2. The second kappa shape index (κ2) is 9.31. The molecule has 3 aromatic rings. The summed E-state index contributed by atoms with van der Waals surface area (Å²) in [6.45, 7) is 0.433. The first kappa shape index (κ1) is 21.7. The summed E-state index contributed by atoms with van der Waals surface area (Å²) in [5.74, 6) is 0.565. The van der Waals surface area contributed by atoms with E-state index in [0.29, 0.717) is 29.5 Å². The number of benzene rings is 2. The van der Waals surface area contributed by atoms with Gasteiger partial charge in [0.15, 0.2) is 11.5 Å². The molecule has 4 rings (SSSR count). The lowest BCUT2D eigenvalue weighted by atomic mass is 10.1. The van der Waals surface area contributed by atoms with Crippen molar-refractivity contribution >= 4 is 35.3 Å². The summed E-state index contributed by atoms with van der Waals surface area (Å²) < 4.78 is 16.0. The maximum absolute atomic E-state index is 12.6. The molecule has 1 N–H and O–H groups in total. The van der Waals surface area contributed by atoms with E-state index in [1.165, 1.54) is 14.2 Å². The van der Waals surface area contributed by atoms with Crippen LogP contribution in [0.2, 0.25) is 0 Å². The van der Waals surface area contributed by atoms with Crippen molar-refractivity contribution in [3.8, 4) is 11.5 Å². The van der Waals surface area contributed by atoms with E-state index in [1.807, 2.05) is 30.5 Å². The first-order valence-corrected chi connectivity index (χ1v) is 11.1. The van der Waals surface area contributed by atoms with Gasteiger partial charge in [0.2, 0.25) is 11.8 Å². The van der Waals surface area contributed by atoms with Gasteiger partial charge in [0.1, 0.15) is 0 Å². The van der Waals surface area contributed by atoms with Crippen LogP contribution in [-0.2, 0) is 4.79 Å². The van der Waals surface area contributed by atoms with E-state index in [-0.39, 0.29) is 24.3 Å². The number of aromatic nitrogens is 2. The fourth-order valence-corrected chi connectivity index (χ4v) is 3.89. The molecule has 2 amide bonds. The van der Waals surface area contributed by atoms with Crippen LogP contribution in [0, 0.1) is 0 Å². The highest BCUT2D eigenvalue weighted by molar-refractivity contribution is 7.98. The Labute approximate surface area is 189 Å². The van der Waals surface area contributed by atoms with Crippen LogP contribution in [0.5, 0.6) is 11.5 Å². The third-order valence-electron chi connectivity index (χ3n) is 5.17. The van der Waals surface area contributed by atoms with Gasteiger partial charge in [-0.2, -0.15) is 0 Å². The fraction of sp³-hybridized carbons (Fsp3) is 0.273. The van der Waals surface area contributed by atoms with E-state index < -0.39 is 5.91 Å². The fourth-order valence-electron chi connectivity index (χ4n) is 3.48. The van der Waals surface area contributed by atoms with Crippen LogP contribution in [0.25, 0.3) is 0 Å². The Balaban J connectivity index is 1.43. The molecule has 0 spiro atoms. The van der Waals surface area contributed by atoms with Crippen molar-refractivity contribution in [1.29, 1.82) is 0 Å². The van der Waals surface area contributed by atoms with Crippen molar-refractivity contribution in [2.24, 2.45) is 0 Å². The molecule has 1 atom stereocenters. The summed E-state index contributed by atoms with van der Waals surface area (Å²) >= 11 is 1.64. The zero-order valence-corrected chi connectivity index (χ0v) is 18.6. The minimum Gasteiger partial charge on any atom is -0.493 e. The van der Waals surface area contributed by atoms with Crippen molar-refractivity contribution in [2.45, 2.75) is 17.2 Å². The maximum Gasteiger partial charge on any atom is 0.322 e. The Kier molecular flexibility index (Phi) is 6.31. The third kappa shape index (κ3) is 4.40. The largest absolute Gasteiger partial charge is 0.493 e. The summed E-state index contributed by atoms with van der Waals surface area (Å²) in [4.78, 5) is 27.9. The molecule has 1 aliphatic rings. The molecule has 1 aromatic heterocycles. The quantitative estimate of drug-likeness (QED) is 0.540. The number of rotatable bonds is 7. The van der Waals surface area contributed by atoms with Gasteiger partial charge in [-0.15, -0.1) is 16.9 Å². The molecule has 32 heavy (non-hydrogen) atoms. The Morgan fingerprint density at radius 1 is 1.12 bits per heavy atom. The molecular weight excluding hydrogens is 432 g/mol. The number of nitrogens with one attached hydrogen (secondary N) is 1. The highest BCUT2D eigenvalue weighted by Crippen LogP contribution is 2.33.